The molecule has 0 aromatic heterocycles. The van der Waals surface area contributed by atoms with Crippen LogP contribution in [0.1, 0.15) is 13.8 Å². The average Bonchev–Trinajstić information content (AvgIpc) is 2.29. The number of rotatable bonds is 3. The molecule has 0 aliphatic heterocycles. The molecule has 0 fully saturated rings. The van der Waals surface area contributed by atoms with E-state index in [4.69, 9.17) is 4.74 Å². The summed E-state index contributed by atoms with van der Waals surface area (Å²) in [5, 5.41) is 9.50. The van der Waals surface area contributed by atoms with Crippen molar-refractivity contribution in [2.75, 3.05) is 0 Å². The van der Waals surface area contributed by atoms with E-state index in [1.54, 1.807) is 12.1 Å². The molecule has 2 rings (SSSR count). The van der Waals surface area contributed by atoms with E-state index >= 15 is 0 Å². The summed E-state index contributed by atoms with van der Waals surface area (Å²) in [6, 6.07) is 15.9. The zero-order valence-corrected chi connectivity index (χ0v) is 9.97. The lowest BCUT2D eigenvalue weighted by molar-refractivity contribution is 0.243. The zero-order chi connectivity index (χ0) is 12.3. The summed E-state index contributed by atoms with van der Waals surface area (Å²) < 4.78 is 5.70. The minimum Gasteiger partial charge on any atom is -0.508 e. The first-order valence-corrected chi connectivity index (χ1v) is 5.63. The van der Waals surface area contributed by atoms with Gasteiger partial charge in [0, 0.05) is 11.6 Å². The molecule has 0 heterocycles. The van der Waals surface area contributed by atoms with Gasteiger partial charge in [-0.05, 0) is 31.5 Å². The summed E-state index contributed by atoms with van der Waals surface area (Å²) in [7, 11) is 0. The highest BCUT2D eigenvalue weighted by Crippen LogP contribution is 2.31. The van der Waals surface area contributed by atoms with E-state index in [-0.39, 0.29) is 11.9 Å². The van der Waals surface area contributed by atoms with Crippen LogP contribution in [0.15, 0.2) is 42.5 Å². The van der Waals surface area contributed by atoms with Gasteiger partial charge in [-0.1, -0.05) is 30.3 Å². The number of aromatic hydroxyl groups is 1. The minimum absolute atomic E-state index is 0.102. The lowest BCUT2D eigenvalue weighted by Gasteiger charge is -2.13. The summed E-state index contributed by atoms with van der Waals surface area (Å²) in [6.45, 7) is 3.96. The maximum atomic E-state index is 9.50. The second kappa shape index (κ2) is 4.91. The topological polar surface area (TPSA) is 29.5 Å². The van der Waals surface area contributed by atoms with E-state index < -0.39 is 0 Å². The Kier molecular flexibility index (Phi) is 3.33. The van der Waals surface area contributed by atoms with E-state index in [9.17, 15) is 5.11 Å². The van der Waals surface area contributed by atoms with Gasteiger partial charge in [-0.25, -0.2) is 0 Å². The predicted octanol–water partition coefficient (Wildman–Crippen LogP) is 3.65. The van der Waals surface area contributed by atoms with E-state index in [2.05, 4.69) is 6.07 Å². The number of ether oxygens (including phenoxy) is 1. The molecule has 0 saturated heterocycles. The Bertz CT molecular complexity index is 504. The van der Waals surface area contributed by atoms with E-state index in [0.29, 0.717) is 5.75 Å². The van der Waals surface area contributed by atoms with Gasteiger partial charge in [0.1, 0.15) is 11.5 Å². The molecular weight excluding hydrogens is 212 g/mol. The van der Waals surface area contributed by atoms with Crippen molar-refractivity contribution in [3.63, 3.8) is 0 Å². The molecule has 0 atom stereocenters. The van der Waals surface area contributed by atoms with Crippen molar-refractivity contribution in [2.45, 2.75) is 20.0 Å². The molecule has 0 bridgehead atoms. The molecule has 2 heteroatoms. The van der Waals surface area contributed by atoms with Crippen LogP contribution in [0, 0.1) is 6.07 Å². The summed E-state index contributed by atoms with van der Waals surface area (Å²) in [6.07, 6.45) is 0.102. The average molecular weight is 227 g/mol. The first-order valence-electron chi connectivity index (χ1n) is 5.63. The predicted molar refractivity (Wildman–Crippen MR) is 68.1 cm³/mol. The van der Waals surface area contributed by atoms with Gasteiger partial charge in [0.15, 0.2) is 0 Å². The van der Waals surface area contributed by atoms with Crippen LogP contribution in [0.25, 0.3) is 11.1 Å². The summed E-state index contributed by atoms with van der Waals surface area (Å²) in [5.74, 6) is 0.968. The Labute approximate surface area is 101 Å². The number of phenols is 1. The molecule has 0 unspecified atom stereocenters. The van der Waals surface area contributed by atoms with Crippen LogP contribution in [0.4, 0.5) is 0 Å². The normalized spacial score (nSPS) is 10.5. The molecule has 0 spiro atoms. The van der Waals surface area contributed by atoms with Crippen LogP contribution in [0.5, 0.6) is 11.5 Å². The van der Waals surface area contributed by atoms with Gasteiger partial charge in [-0.2, -0.15) is 0 Å². The zero-order valence-electron chi connectivity index (χ0n) is 9.97. The molecule has 0 amide bonds. The Hall–Kier alpha value is -1.96. The third kappa shape index (κ3) is 2.78. The van der Waals surface area contributed by atoms with Gasteiger partial charge in [0.2, 0.25) is 0 Å². The van der Waals surface area contributed by atoms with Crippen molar-refractivity contribution in [3.05, 3.63) is 48.5 Å². The maximum absolute atomic E-state index is 9.50. The molecule has 0 aliphatic rings. The fourth-order valence-corrected chi connectivity index (χ4v) is 1.66. The number of hydrogen-bond acceptors (Lipinski definition) is 2. The Morgan fingerprint density at radius 2 is 2.00 bits per heavy atom. The maximum Gasteiger partial charge on any atom is 0.135 e. The van der Waals surface area contributed by atoms with Gasteiger partial charge in [0.05, 0.1) is 6.10 Å². The van der Waals surface area contributed by atoms with E-state index in [1.807, 2.05) is 44.2 Å². The molecule has 2 aromatic rings. The van der Waals surface area contributed by atoms with Gasteiger partial charge in [0.25, 0.3) is 0 Å². The number of para-hydroxylation sites is 1. The lowest BCUT2D eigenvalue weighted by atomic mass is 10.0. The number of benzene rings is 2. The SMILES string of the molecule is CC(C)Oc1[c]cccc1-c1cccc(O)c1. The first-order chi connectivity index (χ1) is 8.16. The smallest absolute Gasteiger partial charge is 0.135 e. The highest BCUT2D eigenvalue weighted by Gasteiger charge is 2.07. The highest BCUT2D eigenvalue weighted by atomic mass is 16.5. The lowest BCUT2D eigenvalue weighted by Crippen LogP contribution is -2.06. The van der Waals surface area contributed by atoms with E-state index in [0.717, 1.165) is 11.1 Å². The summed E-state index contributed by atoms with van der Waals surface area (Å²) in [5.41, 5.74) is 1.87. The van der Waals surface area contributed by atoms with Crippen molar-refractivity contribution >= 4 is 0 Å². The monoisotopic (exact) mass is 227 g/mol. The van der Waals surface area contributed by atoms with Crippen LogP contribution in [0.2, 0.25) is 0 Å². The molecule has 0 saturated carbocycles. The minimum atomic E-state index is 0.102. The Balaban J connectivity index is 2.44. The molecule has 87 valence electrons. The molecule has 1 N–H and O–H groups in total. The molecule has 0 aliphatic carbocycles. The molecular formula is C15H15O2. The Morgan fingerprint density at radius 3 is 2.71 bits per heavy atom. The van der Waals surface area contributed by atoms with Gasteiger partial charge >= 0.3 is 0 Å². The molecule has 2 nitrogen and oxygen atoms in total. The van der Waals surface area contributed by atoms with Crippen molar-refractivity contribution in [1.82, 2.24) is 0 Å². The quantitative estimate of drug-likeness (QED) is 0.867. The standard InChI is InChI=1S/C15H15O2/c1-11(2)17-15-9-4-3-8-14(15)12-6-5-7-13(16)10-12/h3-8,10-11,16H,1-2H3. The molecule has 17 heavy (non-hydrogen) atoms. The van der Waals surface area contributed by atoms with Crippen LogP contribution >= 0.6 is 0 Å². The summed E-state index contributed by atoms with van der Waals surface area (Å²) in [4.78, 5) is 0. The van der Waals surface area contributed by atoms with Crippen LogP contribution in [0.3, 0.4) is 0 Å². The van der Waals surface area contributed by atoms with Crippen molar-refractivity contribution in [2.24, 2.45) is 0 Å². The Morgan fingerprint density at radius 1 is 1.18 bits per heavy atom. The third-order valence-electron chi connectivity index (χ3n) is 2.33. The second-order valence-electron chi connectivity index (χ2n) is 4.13. The van der Waals surface area contributed by atoms with Crippen LogP contribution in [-0.2, 0) is 0 Å². The highest BCUT2D eigenvalue weighted by molar-refractivity contribution is 5.71. The van der Waals surface area contributed by atoms with Crippen molar-refractivity contribution < 1.29 is 9.84 Å². The van der Waals surface area contributed by atoms with Crippen molar-refractivity contribution in [3.8, 4) is 22.6 Å². The largest absolute Gasteiger partial charge is 0.508 e. The second-order valence-corrected chi connectivity index (χ2v) is 4.13. The van der Waals surface area contributed by atoms with Crippen LogP contribution in [-0.4, -0.2) is 11.2 Å². The number of phenolic OH excluding ortho intramolecular Hbond substituents is 1. The summed E-state index contributed by atoms with van der Waals surface area (Å²) >= 11 is 0. The van der Waals surface area contributed by atoms with E-state index in [1.165, 1.54) is 0 Å². The molecule has 2 aromatic carbocycles. The first kappa shape index (κ1) is 11.5. The van der Waals surface area contributed by atoms with Gasteiger partial charge in [-0.15, -0.1) is 0 Å². The fourth-order valence-electron chi connectivity index (χ4n) is 1.66. The van der Waals surface area contributed by atoms with Gasteiger partial charge in [-0.3, -0.25) is 0 Å². The fraction of sp³-hybridized carbons (Fsp3) is 0.200. The van der Waals surface area contributed by atoms with Crippen molar-refractivity contribution in [1.29, 1.82) is 0 Å². The van der Waals surface area contributed by atoms with Gasteiger partial charge < -0.3 is 9.84 Å². The van der Waals surface area contributed by atoms with Crippen LogP contribution < -0.4 is 4.74 Å². The number of hydrogen-bond donors (Lipinski definition) is 1. The third-order valence-corrected chi connectivity index (χ3v) is 2.33. The molecule has 1 radical (unpaired) electrons.